The lowest BCUT2D eigenvalue weighted by Crippen LogP contribution is -2.50. The molecule has 1 aliphatic rings. The molecule has 14 heteroatoms. The smallest absolute Gasteiger partial charge is 0.350 e. The number of halogens is 2. The molecule has 7 rings (SSSR count). The third kappa shape index (κ3) is 5.37. The lowest BCUT2D eigenvalue weighted by atomic mass is 10.0. The van der Waals surface area contributed by atoms with Crippen molar-refractivity contribution in [3.05, 3.63) is 95.5 Å². The summed E-state index contributed by atoms with van der Waals surface area (Å²) in [7, 11) is 0. The average Bonchev–Trinajstić information content (AvgIpc) is 3.83. The summed E-state index contributed by atoms with van der Waals surface area (Å²) in [5.74, 6) is 0.349. The number of fused-ring (bicyclic) bond motifs is 1. The number of hydrogen-bond acceptors (Lipinski definition) is 10. The van der Waals surface area contributed by atoms with Gasteiger partial charge in [-0.25, -0.2) is 9.97 Å². The first-order valence-corrected chi connectivity index (χ1v) is 14.3. The molecule has 0 saturated carbocycles. The summed E-state index contributed by atoms with van der Waals surface area (Å²) in [5.41, 5.74) is 4.05. The van der Waals surface area contributed by atoms with E-state index in [2.05, 4.69) is 35.3 Å². The third-order valence-corrected chi connectivity index (χ3v) is 8.06. The fourth-order valence-corrected chi connectivity index (χ4v) is 5.80. The topological polar surface area (TPSA) is 119 Å². The van der Waals surface area contributed by atoms with Crippen molar-refractivity contribution in [2.24, 2.45) is 0 Å². The first-order chi connectivity index (χ1) is 21.0. The number of hydrogen-bond donors (Lipinski definition) is 0. The van der Waals surface area contributed by atoms with Crippen LogP contribution in [0.25, 0.3) is 33.1 Å². The third-order valence-electron chi connectivity index (χ3n) is 7.24. The van der Waals surface area contributed by atoms with Crippen molar-refractivity contribution >= 4 is 28.3 Å². The van der Waals surface area contributed by atoms with Gasteiger partial charge in [0.15, 0.2) is 11.4 Å². The highest BCUT2D eigenvalue weighted by Gasteiger charge is 2.32. The van der Waals surface area contributed by atoms with E-state index in [0.717, 1.165) is 16.1 Å². The minimum atomic E-state index is -2.88. The number of thiazole rings is 1. The highest BCUT2D eigenvalue weighted by atomic mass is 32.1. The molecule has 2 aromatic carbocycles. The average molecular weight is 600 g/mol. The number of oxazole rings is 1. The van der Waals surface area contributed by atoms with Gasteiger partial charge in [-0.1, -0.05) is 35.1 Å². The summed E-state index contributed by atoms with van der Waals surface area (Å²) in [6, 6.07) is 18.1. The predicted octanol–water partition coefficient (Wildman–Crippen LogP) is 4.94. The first-order valence-electron chi connectivity index (χ1n) is 13.5. The molecule has 0 bridgehead atoms. The standard InChI is InChI=1S/C29H23F2N9O2S/c30-29(31)40-36-25(35-37-40)24(18-4-2-1-3-5-18)38-11-13-39(14-12-38)28(41)22-16-19(8-9-32-22)26-34-21-17-20(6-7-23(21)42-26)27-33-10-15-43-27/h1-10,15-17,24,29H,11-14H2/t24-/m0/s1. The Kier molecular flexibility index (Phi) is 7.12. The molecule has 0 unspecified atom stereocenters. The number of aromatic nitrogens is 7. The summed E-state index contributed by atoms with van der Waals surface area (Å²) in [5, 5.41) is 14.2. The van der Waals surface area contributed by atoms with Gasteiger partial charge in [0, 0.05) is 55.1 Å². The van der Waals surface area contributed by atoms with Crippen molar-refractivity contribution in [2.45, 2.75) is 12.6 Å². The van der Waals surface area contributed by atoms with E-state index in [0.29, 0.717) is 53.5 Å². The molecule has 5 heterocycles. The van der Waals surface area contributed by atoms with Crippen LogP contribution in [-0.4, -0.2) is 77.0 Å². The van der Waals surface area contributed by atoms with Gasteiger partial charge in [0.25, 0.3) is 5.91 Å². The van der Waals surface area contributed by atoms with E-state index in [1.807, 2.05) is 53.9 Å². The quantitative estimate of drug-likeness (QED) is 0.251. The molecule has 0 spiro atoms. The highest BCUT2D eigenvalue weighted by Crippen LogP contribution is 2.30. The zero-order chi connectivity index (χ0) is 29.3. The van der Waals surface area contributed by atoms with Gasteiger partial charge in [-0.3, -0.25) is 14.7 Å². The van der Waals surface area contributed by atoms with Crippen LogP contribution in [0, 0.1) is 0 Å². The molecule has 1 amide bonds. The maximum atomic E-state index is 13.5. The Labute approximate surface area is 247 Å². The number of rotatable bonds is 7. The van der Waals surface area contributed by atoms with Crippen molar-refractivity contribution in [3.63, 3.8) is 0 Å². The lowest BCUT2D eigenvalue weighted by molar-refractivity contribution is 0.0385. The van der Waals surface area contributed by atoms with Gasteiger partial charge in [-0.05, 0) is 41.1 Å². The number of carbonyl (C=O) groups excluding carboxylic acids is 1. The van der Waals surface area contributed by atoms with Gasteiger partial charge in [0.05, 0.1) is 6.04 Å². The Hall–Kier alpha value is -4.95. The second kappa shape index (κ2) is 11.4. The maximum absolute atomic E-state index is 13.5. The number of piperazine rings is 1. The van der Waals surface area contributed by atoms with Gasteiger partial charge in [-0.2, -0.15) is 8.78 Å². The Morgan fingerprint density at radius 3 is 2.51 bits per heavy atom. The monoisotopic (exact) mass is 599 g/mol. The molecule has 11 nitrogen and oxygen atoms in total. The second-order valence-electron chi connectivity index (χ2n) is 9.86. The Morgan fingerprint density at radius 1 is 0.930 bits per heavy atom. The minimum absolute atomic E-state index is 0.178. The molecule has 0 radical (unpaired) electrons. The molecule has 0 aliphatic carbocycles. The summed E-state index contributed by atoms with van der Waals surface area (Å²) in [6.07, 6.45) is 3.33. The van der Waals surface area contributed by atoms with E-state index < -0.39 is 12.6 Å². The van der Waals surface area contributed by atoms with E-state index in [1.54, 1.807) is 40.8 Å². The number of benzene rings is 2. The summed E-state index contributed by atoms with van der Waals surface area (Å²) in [4.78, 5) is 30.9. The van der Waals surface area contributed by atoms with E-state index in [9.17, 15) is 13.6 Å². The predicted molar refractivity (Wildman–Crippen MR) is 153 cm³/mol. The van der Waals surface area contributed by atoms with Crippen LogP contribution < -0.4 is 0 Å². The van der Waals surface area contributed by atoms with Crippen LogP contribution in [0.1, 0.15) is 34.5 Å². The molecule has 43 heavy (non-hydrogen) atoms. The van der Waals surface area contributed by atoms with Crippen molar-refractivity contribution in [1.29, 1.82) is 0 Å². The largest absolute Gasteiger partial charge is 0.436 e. The second-order valence-corrected chi connectivity index (χ2v) is 10.8. The fraction of sp³-hybridized carbons (Fsp3) is 0.207. The number of tetrazole rings is 1. The van der Waals surface area contributed by atoms with Crippen LogP contribution >= 0.6 is 11.3 Å². The lowest BCUT2D eigenvalue weighted by Gasteiger charge is -2.38. The molecule has 0 N–H and O–H groups in total. The number of alkyl halides is 2. The molecule has 1 atom stereocenters. The summed E-state index contributed by atoms with van der Waals surface area (Å²) < 4.78 is 32.3. The molecule has 6 aromatic rings. The number of amides is 1. The minimum Gasteiger partial charge on any atom is -0.436 e. The van der Waals surface area contributed by atoms with Gasteiger partial charge in [0.2, 0.25) is 5.89 Å². The van der Waals surface area contributed by atoms with Gasteiger partial charge >= 0.3 is 6.55 Å². The number of pyridine rings is 1. The number of nitrogens with zero attached hydrogens (tertiary/aromatic N) is 9. The van der Waals surface area contributed by atoms with Crippen molar-refractivity contribution in [2.75, 3.05) is 26.2 Å². The van der Waals surface area contributed by atoms with Crippen LogP contribution in [0.2, 0.25) is 0 Å². The molecule has 1 aliphatic heterocycles. The SMILES string of the molecule is O=C(c1cc(-c2nc3cc(-c4nccs4)ccc3o2)ccn1)N1CCN([C@@H](c2ccccc2)c2nnn(C(F)F)n2)CC1. The van der Waals surface area contributed by atoms with Gasteiger partial charge in [0.1, 0.15) is 16.2 Å². The Balaban J connectivity index is 1.08. The molecular weight excluding hydrogens is 576 g/mol. The normalized spacial score (nSPS) is 14.9. The number of carbonyl (C=O) groups is 1. The molecule has 216 valence electrons. The summed E-state index contributed by atoms with van der Waals surface area (Å²) >= 11 is 1.55. The van der Waals surface area contributed by atoms with Crippen LogP contribution in [0.5, 0.6) is 0 Å². The van der Waals surface area contributed by atoms with E-state index in [1.165, 1.54) is 0 Å². The molecule has 4 aromatic heterocycles. The molecular formula is C29H23F2N9O2S. The van der Waals surface area contributed by atoms with Crippen molar-refractivity contribution < 1.29 is 18.0 Å². The van der Waals surface area contributed by atoms with Crippen LogP contribution in [0.3, 0.4) is 0 Å². The van der Waals surface area contributed by atoms with E-state index in [-0.39, 0.29) is 17.4 Å². The Morgan fingerprint density at radius 2 is 1.77 bits per heavy atom. The van der Waals surface area contributed by atoms with Crippen LogP contribution in [0.15, 0.2) is 82.9 Å². The molecule has 1 fully saturated rings. The van der Waals surface area contributed by atoms with Gasteiger partial charge in [-0.15, -0.1) is 21.5 Å². The van der Waals surface area contributed by atoms with Crippen LogP contribution in [-0.2, 0) is 0 Å². The zero-order valence-electron chi connectivity index (χ0n) is 22.5. The maximum Gasteiger partial charge on any atom is 0.350 e. The highest BCUT2D eigenvalue weighted by molar-refractivity contribution is 7.13. The van der Waals surface area contributed by atoms with Gasteiger partial charge < -0.3 is 9.32 Å². The van der Waals surface area contributed by atoms with Crippen LogP contribution in [0.4, 0.5) is 8.78 Å². The first kappa shape index (κ1) is 26.9. The summed E-state index contributed by atoms with van der Waals surface area (Å²) in [6.45, 7) is -1.13. The van der Waals surface area contributed by atoms with E-state index in [4.69, 9.17) is 4.42 Å². The Bertz CT molecular complexity index is 1870. The zero-order valence-corrected chi connectivity index (χ0v) is 23.3. The molecule has 1 saturated heterocycles. The fourth-order valence-electron chi connectivity index (χ4n) is 5.16. The van der Waals surface area contributed by atoms with E-state index >= 15 is 0 Å². The van der Waals surface area contributed by atoms with Crippen molar-refractivity contribution in [1.82, 2.24) is 45.0 Å². The van der Waals surface area contributed by atoms with Crippen molar-refractivity contribution in [3.8, 4) is 22.0 Å².